The Hall–Kier alpha value is -2.69. The predicted molar refractivity (Wildman–Crippen MR) is 71.2 cm³/mol. The van der Waals surface area contributed by atoms with Crippen LogP contribution in [0.3, 0.4) is 0 Å². The molecule has 124 valence electrons. The fourth-order valence-electron chi connectivity index (χ4n) is 1.37. The Morgan fingerprint density at radius 1 is 1.09 bits per heavy atom. The maximum absolute atomic E-state index is 11.5. The van der Waals surface area contributed by atoms with E-state index in [1.165, 1.54) is 0 Å². The van der Waals surface area contributed by atoms with Gasteiger partial charge in [0.25, 0.3) is 0 Å². The number of amides is 3. The lowest BCUT2D eigenvalue weighted by atomic mass is 10.1. The zero-order chi connectivity index (χ0) is 17.3. The van der Waals surface area contributed by atoms with E-state index in [1.807, 2.05) is 0 Å². The maximum Gasteiger partial charge on any atom is 0.326 e. The summed E-state index contributed by atoms with van der Waals surface area (Å²) in [6.07, 6.45) is -1.03. The second-order valence-electron chi connectivity index (χ2n) is 4.39. The molecule has 0 fully saturated rings. The molecule has 8 N–H and O–H groups in total. The summed E-state index contributed by atoms with van der Waals surface area (Å²) in [7, 11) is 0. The lowest BCUT2D eigenvalue weighted by Crippen LogP contribution is -2.49. The van der Waals surface area contributed by atoms with Crippen molar-refractivity contribution >= 4 is 29.7 Å². The van der Waals surface area contributed by atoms with Gasteiger partial charge in [0.05, 0.1) is 19.0 Å². The molecule has 0 unspecified atom stereocenters. The number of carbonyl (C=O) groups excluding carboxylic acids is 3. The summed E-state index contributed by atoms with van der Waals surface area (Å²) in [4.78, 5) is 54.7. The minimum absolute atomic E-state index is 0.192. The number of aliphatic carboxylic acids is 2. The summed E-state index contributed by atoms with van der Waals surface area (Å²) in [6.45, 7) is -0.577. The Kier molecular flexibility index (Phi) is 8.15. The van der Waals surface area contributed by atoms with Crippen LogP contribution in [0.25, 0.3) is 0 Å². The number of carboxylic acids is 2. The van der Waals surface area contributed by atoms with Gasteiger partial charge in [0.15, 0.2) is 0 Å². The molecule has 0 aromatic heterocycles. The molecule has 0 aliphatic heterocycles. The Morgan fingerprint density at radius 3 is 2.14 bits per heavy atom. The highest BCUT2D eigenvalue weighted by molar-refractivity contribution is 5.91. The van der Waals surface area contributed by atoms with Crippen molar-refractivity contribution in [2.45, 2.75) is 31.3 Å². The van der Waals surface area contributed by atoms with Crippen molar-refractivity contribution in [1.82, 2.24) is 10.6 Å². The number of primary amides is 1. The summed E-state index contributed by atoms with van der Waals surface area (Å²) in [5.74, 6) is -5.03. The molecular formula is C11H18N4O7. The van der Waals surface area contributed by atoms with Crippen molar-refractivity contribution in [1.29, 1.82) is 0 Å². The van der Waals surface area contributed by atoms with Crippen LogP contribution in [0, 0.1) is 0 Å². The lowest BCUT2D eigenvalue weighted by Gasteiger charge is -2.15. The van der Waals surface area contributed by atoms with Crippen molar-refractivity contribution in [3.63, 3.8) is 0 Å². The molecular weight excluding hydrogens is 300 g/mol. The molecule has 11 heteroatoms. The molecule has 0 heterocycles. The first-order chi connectivity index (χ1) is 10.1. The predicted octanol–water partition coefficient (Wildman–Crippen LogP) is -3.26. The Morgan fingerprint density at radius 2 is 1.68 bits per heavy atom. The van der Waals surface area contributed by atoms with Crippen LogP contribution in [-0.4, -0.2) is 58.5 Å². The van der Waals surface area contributed by atoms with Gasteiger partial charge in [-0.1, -0.05) is 0 Å². The Bertz CT molecular complexity index is 465. The van der Waals surface area contributed by atoms with Gasteiger partial charge in [-0.3, -0.25) is 19.2 Å². The second-order valence-corrected chi connectivity index (χ2v) is 4.39. The van der Waals surface area contributed by atoms with Gasteiger partial charge in [-0.15, -0.1) is 0 Å². The molecule has 3 amide bonds. The van der Waals surface area contributed by atoms with E-state index in [0.717, 1.165) is 0 Å². The summed E-state index contributed by atoms with van der Waals surface area (Å²) in [6, 6.07) is -2.65. The molecule has 2 atom stereocenters. The third-order valence-electron chi connectivity index (χ3n) is 2.47. The molecule has 0 aliphatic rings. The number of hydrogen-bond donors (Lipinski definition) is 6. The second kappa shape index (κ2) is 9.28. The summed E-state index contributed by atoms with van der Waals surface area (Å²) in [5, 5.41) is 21.5. The first kappa shape index (κ1) is 19.3. The molecule has 0 aromatic carbocycles. The molecule has 22 heavy (non-hydrogen) atoms. The highest BCUT2D eigenvalue weighted by Gasteiger charge is 2.22. The van der Waals surface area contributed by atoms with Crippen molar-refractivity contribution in [3.05, 3.63) is 0 Å². The van der Waals surface area contributed by atoms with E-state index in [0.29, 0.717) is 0 Å². The first-order valence-electron chi connectivity index (χ1n) is 6.19. The number of nitrogens with one attached hydrogen (secondary N) is 2. The minimum Gasteiger partial charge on any atom is -0.481 e. The van der Waals surface area contributed by atoms with Crippen molar-refractivity contribution in [3.8, 4) is 0 Å². The van der Waals surface area contributed by atoms with Gasteiger partial charge in [-0.25, -0.2) is 4.79 Å². The van der Waals surface area contributed by atoms with Gasteiger partial charge in [0.2, 0.25) is 17.7 Å². The molecule has 0 rings (SSSR count). The fraction of sp³-hybridized carbons (Fsp3) is 0.545. The molecule has 0 aromatic rings. The SMILES string of the molecule is NC(=O)CC[C@H](NC(=O)CNC(=O)[C@@H](N)CC(=O)O)C(=O)O. The number of carboxylic acid groups (broad SMARTS) is 2. The van der Waals surface area contributed by atoms with Crippen molar-refractivity contribution < 1.29 is 34.2 Å². The van der Waals surface area contributed by atoms with E-state index in [9.17, 15) is 24.0 Å². The van der Waals surface area contributed by atoms with E-state index in [2.05, 4.69) is 10.6 Å². The fourth-order valence-corrected chi connectivity index (χ4v) is 1.37. The van der Waals surface area contributed by atoms with Crippen molar-refractivity contribution in [2.24, 2.45) is 11.5 Å². The van der Waals surface area contributed by atoms with Gasteiger partial charge in [-0.05, 0) is 6.42 Å². The zero-order valence-corrected chi connectivity index (χ0v) is 11.6. The van der Waals surface area contributed by atoms with E-state index in [1.54, 1.807) is 0 Å². The van der Waals surface area contributed by atoms with E-state index in [-0.39, 0.29) is 12.8 Å². The van der Waals surface area contributed by atoms with Gasteiger partial charge in [0.1, 0.15) is 6.04 Å². The normalized spacial score (nSPS) is 12.8. The van der Waals surface area contributed by atoms with Crippen LogP contribution in [0.1, 0.15) is 19.3 Å². The van der Waals surface area contributed by atoms with Crippen LogP contribution < -0.4 is 22.1 Å². The maximum atomic E-state index is 11.5. The van der Waals surface area contributed by atoms with Gasteiger partial charge in [0, 0.05) is 6.42 Å². The summed E-state index contributed by atoms with van der Waals surface area (Å²) >= 11 is 0. The topological polar surface area (TPSA) is 202 Å². The van der Waals surface area contributed by atoms with E-state index < -0.39 is 54.7 Å². The number of nitrogens with two attached hydrogens (primary N) is 2. The van der Waals surface area contributed by atoms with Crippen LogP contribution in [0.4, 0.5) is 0 Å². The summed E-state index contributed by atoms with van der Waals surface area (Å²) in [5.41, 5.74) is 10.1. The summed E-state index contributed by atoms with van der Waals surface area (Å²) < 4.78 is 0. The number of carbonyl (C=O) groups is 5. The van der Waals surface area contributed by atoms with Crippen LogP contribution >= 0.6 is 0 Å². The monoisotopic (exact) mass is 318 g/mol. The average Bonchev–Trinajstić information content (AvgIpc) is 2.39. The van der Waals surface area contributed by atoms with Crippen LogP contribution in [0.15, 0.2) is 0 Å². The highest BCUT2D eigenvalue weighted by Crippen LogP contribution is 1.97. The molecule has 11 nitrogen and oxygen atoms in total. The smallest absolute Gasteiger partial charge is 0.326 e. The van der Waals surface area contributed by atoms with Crippen LogP contribution in [0.2, 0.25) is 0 Å². The first-order valence-corrected chi connectivity index (χ1v) is 6.19. The van der Waals surface area contributed by atoms with Crippen LogP contribution in [0.5, 0.6) is 0 Å². The largest absolute Gasteiger partial charge is 0.481 e. The number of hydrogen-bond acceptors (Lipinski definition) is 6. The molecule has 0 saturated heterocycles. The van der Waals surface area contributed by atoms with Crippen molar-refractivity contribution in [2.75, 3.05) is 6.54 Å². The quantitative estimate of drug-likeness (QED) is 0.241. The Balaban J connectivity index is 4.29. The number of rotatable bonds is 10. The molecule has 0 radical (unpaired) electrons. The van der Waals surface area contributed by atoms with E-state index in [4.69, 9.17) is 21.7 Å². The van der Waals surface area contributed by atoms with Crippen LogP contribution in [-0.2, 0) is 24.0 Å². The standard InChI is InChI=1S/C11H18N4O7/c12-5(3-9(18)19)10(20)14-4-8(17)15-6(11(21)22)1-2-7(13)16/h5-6H,1-4,12H2,(H2,13,16)(H,14,20)(H,15,17)(H,18,19)(H,21,22)/t5-,6-/m0/s1. The third kappa shape index (κ3) is 8.47. The van der Waals surface area contributed by atoms with E-state index >= 15 is 0 Å². The zero-order valence-electron chi connectivity index (χ0n) is 11.6. The van der Waals surface area contributed by atoms with Gasteiger partial charge < -0.3 is 32.3 Å². The third-order valence-corrected chi connectivity index (χ3v) is 2.47. The molecule has 0 spiro atoms. The highest BCUT2D eigenvalue weighted by atomic mass is 16.4. The molecule has 0 aliphatic carbocycles. The molecule has 0 bridgehead atoms. The van der Waals surface area contributed by atoms with Gasteiger partial charge in [-0.2, -0.15) is 0 Å². The Labute approximate surface area is 125 Å². The van der Waals surface area contributed by atoms with Gasteiger partial charge >= 0.3 is 11.9 Å². The average molecular weight is 318 g/mol. The molecule has 0 saturated carbocycles. The lowest BCUT2D eigenvalue weighted by molar-refractivity contribution is -0.142. The minimum atomic E-state index is -1.36.